The summed E-state index contributed by atoms with van der Waals surface area (Å²) >= 11 is 3.48. The van der Waals surface area contributed by atoms with E-state index in [9.17, 15) is 5.26 Å². The van der Waals surface area contributed by atoms with Crippen LogP contribution in [0, 0.1) is 11.3 Å². The molecule has 118 valence electrons. The van der Waals surface area contributed by atoms with Crippen LogP contribution in [0.1, 0.15) is 12.5 Å². The third-order valence-corrected chi connectivity index (χ3v) is 3.97. The smallest absolute Gasteiger partial charge is 0.232 e. The van der Waals surface area contributed by atoms with Gasteiger partial charge in [-0.2, -0.15) is 5.26 Å². The molecule has 0 bridgehead atoms. The summed E-state index contributed by atoms with van der Waals surface area (Å²) in [6.45, 7) is 2.31. The van der Waals surface area contributed by atoms with Crippen molar-refractivity contribution in [2.75, 3.05) is 6.61 Å². The fourth-order valence-corrected chi connectivity index (χ4v) is 2.82. The number of aromatic nitrogens is 2. The van der Waals surface area contributed by atoms with E-state index in [1.807, 2.05) is 49.4 Å². The standard InChI is InChI=1S/C19H14BrN3O/c1-2-24-19-17(11-21)16(14-6-4-8-22-12-14)10-18(23-19)13-5-3-7-15(20)9-13/h3-10,12H,2H2,1H3. The van der Waals surface area contributed by atoms with Gasteiger partial charge < -0.3 is 4.74 Å². The van der Waals surface area contributed by atoms with E-state index < -0.39 is 0 Å². The molecule has 5 heteroatoms. The van der Waals surface area contributed by atoms with Crippen molar-refractivity contribution in [1.82, 2.24) is 9.97 Å². The van der Waals surface area contributed by atoms with Crippen LogP contribution in [0.5, 0.6) is 5.88 Å². The number of ether oxygens (including phenoxy) is 1. The van der Waals surface area contributed by atoms with Gasteiger partial charge in [0.2, 0.25) is 5.88 Å². The molecule has 0 fully saturated rings. The van der Waals surface area contributed by atoms with Crippen LogP contribution in [0.2, 0.25) is 0 Å². The Morgan fingerprint density at radius 3 is 2.67 bits per heavy atom. The van der Waals surface area contributed by atoms with Crippen LogP contribution in [0.3, 0.4) is 0 Å². The minimum absolute atomic E-state index is 0.344. The van der Waals surface area contributed by atoms with E-state index in [4.69, 9.17) is 4.74 Å². The maximum Gasteiger partial charge on any atom is 0.232 e. The van der Waals surface area contributed by atoms with E-state index >= 15 is 0 Å². The lowest BCUT2D eigenvalue weighted by Crippen LogP contribution is -2.01. The zero-order valence-electron chi connectivity index (χ0n) is 13.0. The van der Waals surface area contributed by atoms with Crippen molar-refractivity contribution in [1.29, 1.82) is 5.26 Å². The molecule has 1 aromatic carbocycles. The highest BCUT2D eigenvalue weighted by atomic mass is 79.9. The summed E-state index contributed by atoms with van der Waals surface area (Å²) < 4.78 is 6.58. The maximum absolute atomic E-state index is 9.59. The van der Waals surface area contributed by atoms with Gasteiger partial charge in [-0.1, -0.05) is 34.1 Å². The summed E-state index contributed by atoms with van der Waals surface area (Å²) in [5, 5.41) is 9.59. The molecule has 0 unspecified atom stereocenters. The molecule has 0 atom stereocenters. The zero-order chi connectivity index (χ0) is 16.9. The lowest BCUT2D eigenvalue weighted by atomic mass is 10.00. The molecule has 4 nitrogen and oxygen atoms in total. The van der Waals surface area contributed by atoms with Crippen molar-refractivity contribution in [3.05, 3.63) is 64.9 Å². The molecule has 0 spiro atoms. The summed E-state index contributed by atoms with van der Waals surface area (Å²) in [7, 11) is 0. The molecule has 0 aliphatic rings. The van der Waals surface area contributed by atoms with Gasteiger partial charge in [-0.3, -0.25) is 4.98 Å². The highest BCUT2D eigenvalue weighted by Crippen LogP contribution is 2.33. The zero-order valence-corrected chi connectivity index (χ0v) is 14.6. The van der Waals surface area contributed by atoms with E-state index in [1.54, 1.807) is 12.4 Å². The van der Waals surface area contributed by atoms with Gasteiger partial charge in [-0.05, 0) is 31.2 Å². The van der Waals surface area contributed by atoms with Crippen LogP contribution in [-0.2, 0) is 0 Å². The Morgan fingerprint density at radius 2 is 2.00 bits per heavy atom. The lowest BCUT2D eigenvalue weighted by molar-refractivity contribution is 0.326. The normalized spacial score (nSPS) is 10.2. The monoisotopic (exact) mass is 379 g/mol. The van der Waals surface area contributed by atoms with Crippen molar-refractivity contribution in [2.24, 2.45) is 0 Å². The second-order valence-electron chi connectivity index (χ2n) is 5.03. The Hall–Kier alpha value is -2.71. The molecule has 2 aromatic heterocycles. The number of nitrogens with zero attached hydrogens (tertiary/aromatic N) is 3. The van der Waals surface area contributed by atoms with Gasteiger partial charge in [0, 0.05) is 33.6 Å². The van der Waals surface area contributed by atoms with Crippen LogP contribution in [0.25, 0.3) is 22.4 Å². The molecule has 0 aliphatic heterocycles. The van der Waals surface area contributed by atoms with Crippen LogP contribution < -0.4 is 4.74 Å². The Balaban J connectivity index is 2.25. The van der Waals surface area contributed by atoms with Crippen LogP contribution in [0.15, 0.2) is 59.3 Å². The fourth-order valence-electron chi connectivity index (χ4n) is 2.42. The van der Waals surface area contributed by atoms with Crippen LogP contribution >= 0.6 is 15.9 Å². The van der Waals surface area contributed by atoms with E-state index in [0.29, 0.717) is 18.1 Å². The predicted molar refractivity (Wildman–Crippen MR) is 96.5 cm³/mol. The van der Waals surface area contributed by atoms with Gasteiger partial charge >= 0.3 is 0 Å². The molecule has 0 amide bonds. The number of nitriles is 1. The number of benzene rings is 1. The molecule has 2 heterocycles. The third-order valence-electron chi connectivity index (χ3n) is 3.47. The number of halogens is 1. The highest BCUT2D eigenvalue weighted by Gasteiger charge is 2.16. The molecule has 24 heavy (non-hydrogen) atoms. The van der Waals surface area contributed by atoms with Crippen molar-refractivity contribution in [3.8, 4) is 34.3 Å². The summed E-state index contributed by atoms with van der Waals surface area (Å²) in [5.74, 6) is 0.344. The van der Waals surface area contributed by atoms with Crippen molar-refractivity contribution in [3.63, 3.8) is 0 Å². The van der Waals surface area contributed by atoms with Crippen molar-refractivity contribution < 1.29 is 4.74 Å². The first kappa shape index (κ1) is 16.2. The maximum atomic E-state index is 9.59. The Kier molecular flexibility index (Phi) is 4.88. The van der Waals surface area contributed by atoms with Gasteiger partial charge in [0.05, 0.1) is 12.3 Å². The minimum atomic E-state index is 0.344. The molecule has 3 rings (SSSR count). The first-order valence-electron chi connectivity index (χ1n) is 7.47. The quantitative estimate of drug-likeness (QED) is 0.650. The van der Waals surface area contributed by atoms with E-state index in [1.165, 1.54) is 0 Å². The number of hydrogen-bond acceptors (Lipinski definition) is 4. The van der Waals surface area contributed by atoms with Crippen LogP contribution in [0.4, 0.5) is 0 Å². The summed E-state index contributed by atoms with van der Waals surface area (Å²) in [4.78, 5) is 8.70. The van der Waals surface area contributed by atoms with Gasteiger partial charge in [-0.15, -0.1) is 0 Å². The Morgan fingerprint density at radius 1 is 1.17 bits per heavy atom. The second-order valence-corrected chi connectivity index (χ2v) is 5.95. The third kappa shape index (κ3) is 3.29. The van der Waals surface area contributed by atoms with Crippen molar-refractivity contribution >= 4 is 15.9 Å². The number of rotatable bonds is 4. The minimum Gasteiger partial charge on any atom is -0.477 e. The van der Waals surface area contributed by atoms with Gasteiger partial charge in [0.1, 0.15) is 11.6 Å². The molecule has 0 saturated carbocycles. The fraction of sp³-hybridized carbons (Fsp3) is 0.105. The van der Waals surface area contributed by atoms with Gasteiger partial charge in [0.15, 0.2) is 0 Å². The van der Waals surface area contributed by atoms with Gasteiger partial charge in [-0.25, -0.2) is 4.98 Å². The predicted octanol–water partition coefficient (Wildman–Crippen LogP) is 4.84. The topological polar surface area (TPSA) is 58.8 Å². The number of hydrogen-bond donors (Lipinski definition) is 0. The first-order valence-corrected chi connectivity index (χ1v) is 8.26. The van der Waals surface area contributed by atoms with E-state index in [0.717, 1.165) is 26.9 Å². The summed E-state index contributed by atoms with van der Waals surface area (Å²) in [6, 6.07) is 15.7. The summed E-state index contributed by atoms with van der Waals surface area (Å²) in [5.41, 5.74) is 3.73. The SMILES string of the molecule is CCOc1nc(-c2cccc(Br)c2)cc(-c2cccnc2)c1C#N. The van der Waals surface area contributed by atoms with Gasteiger partial charge in [0.25, 0.3) is 0 Å². The molecule has 3 aromatic rings. The molecule has 0 saturated heterocycles. The molecule has 0 N–H and O–H groups in total. The number of pyridine rings is 2. The van der Waals surface area contributed by atoms with E-state index in [-0.39, 0.29) is 0 Å². The molecule has 0 aliphatic carbocycles. The Labute approximate surface area is 148 Å². The first-order chi connectivity index (χ1) is 11.7. The highest BCUT2D eigenvalue weighted by molar-refractivity contribution is 9.10. The average Bonchev–Trinajstić information content (AvgIpc) is 2.62. The lowest BCUT2D eigenvalue weighted by Gasteiger charge is -2.12. The second kappa shape index (κ2) is 7.24. The van der Waals surface area contributed by atoms with Crippen molar-refractivity contribution in [2.45, 2.75) is 6.92 Å². The largest absolute Gasteiger partial charge is 0.477 e. The summed E-state index contributed by atoms with van der Waals surface area (Å²) in [6.07, 6.45) is 3.44. The van der Waals surface area contributed by atoms with E-state index in [2.05, 4.69) is 32.0 Å². The molecule has 0 radical (unpaired) electrons. The Bertz CT molecular complexity index is 904. The molecular formula is C19H14BrN3O. The van der Waals surface area contributed by atoms with Crippen LogP contribution in [-0.4, -0.2) is 16.6 Å². The average molecular weight is 380 g/mol. The molecular weight excluding hydrogens is 366 g/mol.